The highest BCUT2D eigenvalue weighted by Crippen LogP contribution is 2.67. The number of amides is 1. The smallest absolute Gasteiger partial charge is 0.306 e. The first kappa shape index (κ1) is 32.9. The molecule has 0 aromatic heterocycles. The van der Waals surface area contributed by atoms with Crippen LogP contribution in [0.3, 0.4) is 0 Å². The molecule has 3 saturated carbocycles. The van der Waals surface area contributed by atoms with E-state index in [0.29, 0.717) is 30.9 Å². The van der Waals surface area contributed by atoms with E-state index in [1.807, 2.05) is 25.1 Å². The number of hydrogen-bond donors (Lipinski definition) is 3. The van der Waals surface area contributed by atoms with Gasteiger partial charge in [-0.25, -0.2) is 0 Å². The molecule has 0 spiro atoms. The number of ketones is 2. The lowest BCUT2D eigenvalue weighted by Crippen LogP contribution is -2.61. The molecule has 0 heterocycles. The van der Waals surface area contributed by atoms with Gasteiger partial charge in [0.2, 0.25) is 11.7 Å². The molecule has 4 aliphatic rings. The summed E-state index contributed by atoms with van der Waals surface area (Å²) in [5, 5.41) is 26.1. The number of aliphatic hydroxyl groups is 2. The number of allylic oxidation sites excluding steroid dienone is 4. The Morgan fingerprint density at radius 1 is 1.07 bits per heavy atom. The predicted octanol–water partition coefficient (Wildman–Crippen LogP) is 3.26. The predicted molar refractivity (Wildman–Crippen MR) is 164 cm³/mol. The van der Waals surface area contributed by atoms with Gasteiger partial charge in [0.05, 0.1) is 26.7 Å². The number of methoxy groups -OCH3 is 2. The molecule has 4 aliphatic carbocycles. The van der Waals surface area contributed by atoms with Gasteiger partial charge >= 0.3 is 5.97 Å². The van der Waals surface area contributed by atoms with Gasteiger partial charge in [-0.2, -0.15) is 0 Å². The fraction of sp³-hybridized carbons (Fsp3) is 0.600. The molecular weight excluding hydrogens is 578 g/mol. The maximum absolute atomic E-state index is 13.5. The zero-order valence-electron chi connectivity index (χ0n) is 26.6. The molecule has 45 heavy (non-hydrogen) atoms. The van der Waals surface area contributed by atoms with Crippen LogP contribution in [0.4, 0.5) is 0 Å². The summed E-state index contributed by atoms with van der Waals surface area (Å²) < 4.78 is 15.8. The number of hydrogen-bond acceptors (Lipinski definition) is 9. The van der Waals surface area contributed by atoms with E-state index in [2.05, 4.69) is 12.2 Å². The second-order valence-corrected chi connectivity index (χ2v) is 13.5. The third-order valence-corrected chi connectivity index (χ3v) is 11.2. The summed E-state index contributed by atoms with van der Waals surface area (Å²) in [6.07, 6.45) is 7.33. The van der Waals surface area contributed by atoms with Crippen LogP contribution in [0.5, 0.6) is 11.5 Å². The number of aliphatic hydroxyl groups excluding tert-OH is 1. The van der Waals surface area contributed by atoms with E-state index in [1.54, 1.807) is 32.4 Å². The quantitative estimate of drug-likeness (QED) is 0.316. The standard InChI is InChI=1S/C35H45NO9/c1-33-14-11-23(37)18-22(33)6-7-24-25-12-15-35(42,34(25,2)19-26(38)32(24)33)29(39)20-45-31(41)10-9-30(40)36-16-13-21-5-8-27(43-3)28(17-21)44-4/h5,8,11,14,17-18,24-26,32,38,42H,6-7,9-10,12-13,15-16,19-20H2,1-4H3,(H,36,40)/t24?,25?,26?,32?,33-,34-,35-/m0/s1. The van der Waals surface area contributed by atoms with Gasteiger partial charge in [0.15, 0.2) is 23.9 Å². The second kappa shape index (κ2) is 12.7. The lowest BCUT2D eigenvalue weighted by molar-refractivity contribution is -0.181. The summed E-state index contributed by atoms with van der Waals surface area (Å²) >= 11 is 0. The number of rotatable bonds is 11. The van der Waals surface area contributed by atoms with Crippen molar-refractivity contribution in [2.45, 2.75) is 76.9 Å². The fourth-order valence-electron chi connectivity index (χ4n) is 8.81. The molecule has 10 nitrogen and oxygen atoms in total. The van der Waals surface area contributed by atoms with Crippen LogP contribution >= 0.6 is 0 Å². The van der Waals surface area contributed by atoms with Crippen LogP contribution in [0.15, 0.2) is 42.0 Å². The van der Waals surface area contributed by atoms with Crippen molar-refractivity contribution in [1.82, 2.24) is 5.32 Å². The van der Waals surface area contributed by atoms with Crippen LogP contribution < -0.4 is 14.8 Å². The molecule has 5 rings (SSSR count). The first-order chi connectivity index (χ1) is 21.4. The Labute approximate surface area is 264 Å². The van der Waals surface area contributed by atoms with Gasteiger partial charge in [-0.1, -0.05) is 31.6 Å². The number of carbonyl (C=O) groups is 4. The van der Waals surface area contributed by atoms with Gasteiger partial charge < -0.3 is 29.7 Å². The van der Waals surface area contributed by atoms with E-state index < -0.39 is 40.9 Å². The van der Waals surface area contributed by atoms with Crippen molar-refractivity contribution >= 4 is 23.4 Å². The van der Waals surface area contributed by atoms with E-state index >= 15 is 0 Å². The Morgan fingerprint density at radius 2 is 1.82 bits per heavy atom. The maximum atomic E-state index is 13.5. The number of esters is 1. The molecule has 1 aromatic carbocycles. The van der Waals surface area contributed by atoms with Gasteiger partial charge in [-0.05, 0) is 80.2 Å². The lowest BCUT2D eigenvalue weighted by Gasteiger charge is -2.59. The van der Waals surface area contributed by atoms with Gasteiger partial charge in [0.25, 0.3) is 0 Å². The Bertz CT molecular complexity index is 1420. The molecule has 1 amide bonds. The molecule has 7 atom stereocenters. The summed E-state index contributed by atoms with van der Waals surface area (Å²) in [6.45, 7) is 3.74. The van der Waals surface area contributed by atoms with Crippen molar-refractivity contribution in [3.8, 4) is 11.5 Å². The van der Waals surface area contributed by atoms with Crippen molar-refractivity contribution < 1.29 is 43.6 Å². The molecule has 3 fully saturated rings. The van der Waals surface area contributed by atoms with E-state index in [0.717, 1.165) is 24.0 Å². The number of fused-ring (bicyclic) bond motifs is 5. The zero-order valence-corrected chi connectivity index (χ0v) is 26.6. The van der Waals surface area contributed by atoms with Crippen molar-refractivity contribution in [1.29, 1.82) is 0 Å². The largest absolute Gasteiger partial charge is 0.493 e. The van der Waals surface area contributed by atoms with E-state index in [-0.39, 0.29) is 55.1 Å². The Kier molecular flexibility index (Phi) is 9.29. The van der Waals surface area contributed by atoms with Crippen LogP contribution in [0.2, 0.25) is 0 Å². The summed E-state index contributed by atoms with van der Waals surface area (Å²) in [5.41, 5.74) is -1.05. The topological polar surface area (TPSA) is 148 Å². The second-order valence-electron chi connectivity index (χ2n) is 13.5. The summed E-state index contributed by atoms with van der Waals surface area (Å²) in [4.78, 5) is 50.3. The van der Waals surface area contributed by atoms with Crippen molar-refractivity contribution in [3.63, 3.8) is 0 Å². The van der Waals surface area contributed by atoms with Gasteiger partial charge in [0, 0.05) is 29.7 Å². The molecule has 3 N–H and O–H groups in total. The normalized spacial score (nSPS) is 33.3. The van der Waals surface area contributed by atoms with Crippen LogP contribution in [0, 0.1) is 28.6 Å². The lowest BCUT2D eigenvalue weighted by atomic mass is 9.46. The van der Waals surface area contributed by atoms with Crippen molar-refractivity contribution in [2.75, 3.05) is 27.4 Å². The minimum Gasteiger partial charge on any atom is -0.493 e. The molecule has 244 valence electrons. The third-order valence-electron chi connectivity index (χ3n) is 11.2. The summed E-state index contributed by atoms with van der Waals surface area (Å²) in [5.74, 6) is -0.419. The number of Topliss-reactive ketones (excluding diaryl/α,β-unsaturated/α-hetero) is 1. The number of carbonyl (C=O) groups excluding carboxylic acids is 4. The minimum absolute atomic E-state index is 0.00246. The first-order valence-electron chi connectivity index (χ1n) is 15.9. The molecule has 4 unspecified atom stereocenters. The van der Waals surface area contributed by atoms with Crippen LogP contribution in [-0.2, 0) is 30.3 Å². The molecule has 0 saturated heterocycles. The van der Waals surface area contributed by atoms with Crippen molar-refractivity contribution in [3.05, 3.63) is 47.6 Å². The molecular formula is C35H45NO9. The highest BCUT2D eigenvalue weighted by Gasteiger charge is 2.68. The minimum atomic E-state index is -1.74. The molecule has 1 aromatic rings. The van der Waals surface area contributed by atoms with Crippen LogP contribution in [0.1, 0.15) is 64.4 Å². The third kappa shape index (κ3) is 5.94. The molecule has 0 aliphatic heterocycles. The molecule has 0 bridgehead atoms. The van der Waals surface area contributed by atoms with Gasteiger partial charge in [-0.15, -0.1) is 0 Å². The van der Waals surface area contributed by atoms with Crippen LogP contribution in [0.25, 0.3) is 0 Å². The Balaban J connectivity index is 1.11. The van der Waals surface area contributed by atoms with Crippen molar-refractivity contribution in [2.24, 2.45) is 28.6 Å². The van der Waals surface area contributed by atoms with Gasteiger partial charge in [-0.3, -0.25) is 19.2 Å². The summed E-state index contributed by atoms with van der Waals surface area (Å²) in [7, 11) is 3.12. The fourth-order valence-corrected chi connectivity index (χ4v) is 8.81. The first-order valence-corrected chi connectivity index (χ1v) is 15.9. The zero-order chi connectivity index (χ0) is 32.6. The Morgan fingerprint density at radius 3 is 2.56 bits per heavy atom. The van der Waals surface area contributed by atoms with E-state index in [4.69, 9.17) is 14.2 Å². The molecule has 10 heteroatoms. The van der Waals surface area contributed by atoms with Gasteiger partial charge in [0.1, 0.15) is 5.60 Å². The SMILES string of the molecule is COc1ccc(CCNC(=O)CCC(=O)OCC(=O)[C@@]2(O)CCC3C4CCC5=CC(=O)C=C[C@]5(C)C4C(O)C[C@@]32C)cc1OC. The van der Waals surface area contributed by atoms with Crippen LogP contribution in [-0.4, -0.2) is 72.7 Å². The number of benzene rings is 1. The highest BCUT2D eigenvalue weighted by atomic mass is 16.5. The van der Waals surface area contributed by atoms with E-state index in [1.165, 1.54) is 0 Å². The number of ether oxygens (including phenoxy) is 3. The summed E-state index contributed by atoms with van der Waals surface area (Å²) in [6, 6.07) is 5.52. The Hall–Kier alpha value is -3.50. The number of nitrogens with one attached hydrogen (secondary N) is 1. The highest BCUT2D eigenvalue weighted by molar-refractivity contribution is 6.01. The molecule has 0 radical (unpaired) electrons. The van der Waals surface area contributed by atoms with E-state index in [9.17, 15) is 29.4 Å². The monoisotopic (exact) mass is 623 g/mol. The average Bonchev–Trinajstić information content (AvgIpc) is 3.29. The maximum Gasteiger partial charge on any atom is 0.306 e. The average molecular weight is 624 g/mol.